The third-order valence-electron chi connectivity index (χ3n) is 5.78. The number of hydrogen-bond acceptors (Lipinski definition) is 7. The maximum Gasteiger partial charge on any atom is 0.258 e. The minimum Gasteiger partial charge on any atom is -0.496 e. The molecule has 31 heavy (non-hydrogen) atoms. The highest BCUT2D eigenvalue weighted by atomic mass is 16.5. The second-order valence-electron chi connectivity index (χ2n) is 7.80. The van der Waals surface area contributed by atoms with Gasteiger partial charge >= 0.3 is 0 Å². The van der Waals surface area contributed by atoms with E-state index in [4.69, 9.17) is 13.9 Å². The fourth-order valence-electron chi connectivity index (χ4n) is 4.25. The van der Waals surface area contributed by atoms with E-state index in [1.165, 1.54) is 5.56 Å². The molecule has 8 heteroatoms. The quantitative estimate of drug-likeness (QED) is 0.642. The number of hydrogen-bond donors (Lipinski definition) is 0. The molecular formula is C23H24N4O4. The smallest absolute Gasteiger partial charge is 0.258 e. The van der Waals surface area contributed by atoms with Crippen molar-refractivity contribution >= 4 is 11.6 Å². The molecule has 1 unspecified atom stereocenters. The molecule has 2 aliphatic rings. The Kier molecular flexibility index (Phi) is 5.07. The maximum atomic E-state index is 13.4. The topological polar surface area (TPSA) is 80.9 Å². The maximum absolute atomic E-state index is 13.4. The van der Waals surface area contributed by atoms with Gasteiger partial charge in [-0.15, -0.1) is 10.2 Å². The number of nitrogens with zero attached hydrogens (tertiary/aromatic N) is 4. The molecule has 1 atom stereocenters. The summed E-state index contributed by atoms with van der Waals surface area (Å²) in [5.41, 5.74) is 3.20. The minimum absolute atomic E-state index is 0.00957. The van der Waals surface area contributed by atoms with E-state index in [0.29, 0.717) is 37.2 Å². The molecule has 3 heterocycles. The van der Waals surface area contributed by atoms with Crippen molar-refractivity contribution in [3.8, 4) is 11.5 Å². The number of rotatable bonds is 4. The average molecular weight is 420 g/mol. The van der Waals surface area contributed by atoms with Crippen molar-refractivity contribution in [3.63, 3.8) is 0 Å². The van der Waals surface area contributed by atoms with Gasteiger partial charge in [0.05, 0.1) is 25.9 Å². The Bertz CT molecular complexity index is 1100. The summed E-state index contributed by atoms with van der Waals surface area (Å²) in [5.74, 6) is 2.36. The zero-order valence-electron chi connectivity index (χ0n) is 17.6. The van der Waals surface area contributed by atoms with Gasteiger partial charge in [0.2, 0.25) is 11.8 Å². The molecule has 0 saturated carbocycles. The number of benzene rings is 2. The zero-order valence-corrected chi connectivity index (χ0v) is 17.6. The lowest BCUT2D eigenvalue weighted by molar-refractivity contribution is -0.120. The molecule has 0 spiro atoms. The second kappa shape index (κ2) is 8.03. The van der Waals surface area contributed by atoms with Crippen molar-refractivity contribution < 1.29 is 18.7 Å². The molecule has 2 aliphatic heterocycles. The zero-order chi connectivity index (χ0) is 21.4. The molecule has 5 rings (SSSR count). The number of para-hydroxylation sites is 2. The number of carbonyl (C=O) groups is 1. The van der Waals surface area contributed by atoms with Crippen molar-refractivity contribution in [2.75, 3.05) is 31.6 Å². The Labute approximate surface area is 180 Å². The van der Waals surface area contributed by atoms with Crippen LogP contribution in [0.15, 0.2) is 46.9 Å². The molecule has 0 fully saturated rings. The van der Waals surface area contributed by atoms with Crippen LogP contribution >= 0.6 is 0 Å². The van der Waals surface area contributed by atoms with Gasteiger partial charge in [0.1, 0.15) is 11.5 Å². The largest absolute Gasteiger partial charge is 0.496 e. The Morgan fingerprint density at radius 2 is 2.06 bits per heavy atom. The fourth-order valence-corrected chi connectivity index (χ4v) is 4.25. The van der Waals surface area contributed by atoms with Crippen molar-refractivity contribution in [2.45, 2.75) is 26.0 Å². The summed E-state index contributed by atoms with van der Waals surface area (Å²) >= 11 is 0. The number of fused-ring (bicyclic) bond motifs is 2. The monoisotopic (exact) mass is 420 g/mol. The van der Waals surface area contributed by atoms with Crippen LogP contribution in [0.3, 0.4) is 0 Å². The van der Waals surface area contributed by atoms with E-state index in [0.717, 1.165) is 30.0 Å². The van der Waals surface area contributed by atoms with Gasteiger partial charge in [-0.25, -0.2) is 0 Å². The van der Waals surface area contributed by atoms with Gasteiger partial charge in [-0.2, -0.15) is 0 Å². The summed E-state index contributed by atoms with van der Waals surface area (Å²) in [7, 11) is 1.68. The first-order chi connectivity index (χ1) is 15.1. The van der Waals surface area contributed by atoms with Gasteiger partial charge in [-0.1, -0.05) is 24.3 Å². The molecule has 2 aromatic carbocycles. The van der Waals surface area contributed by atoms with Crippen LogP contribution in [-0.4, -0.2) is 47.7 Å². The predicted molar refractivity (Wildman–Crippen MR) is 113 cm³/mol. The van der Waals surface area contributed by atoms with E-state index in [-0.39, 0.29) is 5.91 Å². The average Bonchev–Trinajstić information content (AvgIpc) is 3.24. The Balaban J connectivity index is 1.37. The van der Waals surface area contributed by atoms with Crippen LogP contribution in [0.4, 0.5) is 5.69 Å². The molecule has 8 nitrogen and oxygen atoms in total. The molecule has 0 radical (unpaired) electrons. The van der Waals surface area contributed by atoms with E-state index in [1.807, 2.05) is 36.4 Å². The molecule has 160 valence electrons. The lowest BCUT2D eigenvalue weighted by atomic mass is 9.99. The van der Waals surface area contributed by atoms with E-state index < -0.39 is 6.10 Å². The van der Waals surface area contributed by atoms with Crippen LogP contribution in [0.5, 0.6) is 11.5 Å². The Hall–Kier alpha value is -3.39. The van der Waals surface area contributed by atoms with Crippen LogP contribution in [0.1, 0.15) is 29.0 Å². The van der Waals surface area contributed by atoms with E-state index >= 15 is 0 Å². The number of carbonyl (C=O) groups excluding carboxylic acids is 1. The lowest BCUT2D eigenvalue weighted by Gasteiger charge is -2.35. The third-order valence-corrected chi connectivity index (χ3v) is 5.78. The summed E-state index contributed by atoms with van der Waals surface area (Å²) in [6.45, 7) is 3.87. The van der Waals surface area contributed by atoms with Gasteiger partial charge < -0.3 is 18.8 Å². The van der Waals surface area contributed by atoms with Crippen LogP contribution in [0, 0.1) is 6.92 Å². The highest BCUT2D eigenvalue weighted by Crippen LogP contribution is 2.38. The second-order valence-corrected chi connectivity index (χ2v) is 7.80. The molecule has 0 saturated heterocycles. The van der Waals surface area contributed by atoms with Crippen LogP contribution in [-0.2, 0) is 17.8 Å². The van der Waals surface area contributed by atoms with E-state index in [2.05, 4.69) is 21.2 Å². The first-order valence-corrected chi connectivity index (χ1v) is 10.4. The SMILES string of the molecule is COc1cccc2c1CN(CC(=O)N1CC(c3nnc(C)o3)Oc3ccccc31)CC2. The molecule has 1 amide bonds. The number of methoxy groups -OCH3 is 1. The van der Waals surface area contributed by atoms with Crippen LogP contribution in [0.25, 0.3) is 0 Å². The third kappa shape index (κ3) is 3.74. The van der Waals surface area contributed by atoms with Crippen molar-refractivity contribution in [3.05, 3.63) is 65.4 Å². The van der Waals surface area contributed by atoms with Crippen LogP contribution in [0.2, 0.25) is 0 Å². The minimum atomic E-state index is -0.498. The molecule has 3 aromatic rings. The molecule has 0 bridgehead atoms. The van der Waals surface area contributed by atoms with E-state index in [9.17, 15) is 4.79 Å². The Morgan fingerprint density at radius 3 is 2.87 bits per heavy atom. The Morgan fingerprint density at radius 1 is 1.19 bits per heavy atom. The highest BCUT2D eigenvalue weighted by molar-refractivity contribution is 5.96. The normalized spacial score (nSPS) is 18.1. The number of ether oxygens (including phenoxy) is 2. The van der Waals surface area contributed by atoms with Gasteiger partial charge in [0.15, 0.2) is 6.10 Å². The van der Waals surface area contributed by atoms with Gasteiger partial charge in [0, 0.05) is 25.6 Å². The number of aryl methyl sites for hydroxylation is 1. The summed E-state index contributed by atoms with van der Waals surface area (Å²) in [4.78, 5) is 17.3. The van der Waals surface area contributed by atoms with Gasteiger partial charge in [-0.3, -0.25) is 9.69 Å². The summed E-state index contributed by atoms with van der Waals surface area (Å²) in [5, 5.41) is 7.99. The highest BCUT2D eigenvalue weighted by Gasteiger charge is 2.34. The molecule has 0 N–H and O–H groups in total. The van der Waals surface area contributed by atoms with Crippen LogP contribution < -0.4 is 14.4 Å². The van der Waals surface area contributed by atoms with Gasteiger partial charge in [0.25, 0.3) is 5.89 Å². The fraction of sp³-hybridized carbons (Fsp3) is 0.348. The lowest BCUT2D eigenvalue weighted by Crippen LogP contribution is -2.46. The molecular weight excluding hydrogens is 396 g/mol. The standard InChI is InChI=1S/C23H24N4O4/c1-15-24-25-23(30-15)21-13-27(18-7-3-4-8-20(18)31-21)22(28)14-26-11-10-16-6-5-9-19(29-2)17(16)12-26/h3-9,21H,10-14H2,1-2H3. The van der Waals surface area contributed by atoms with E-state index in [1.54, 1.807) is 18.9 Å². The molecule has 0 aliphatic carbocycles. The summed E-state index contributed by atoms with van der Waals surface area (Å²) < 4.78 is 17.2. The number of amides is 1. The van der Waals surface area contributed by atoms with Crippen molar-refractivity contribution in [2.24, 2.45) is 0 Å². The first-order valence-electron chi connectivity index (χ1n) is 10.4. The molecule has 1 aromatic heterocycles. The summed E-state index contributed by atoms with van der Waals surface area (Å²) in [6.07, 6.45) is 0.394. The van der Waals surface area contributed by atoms with Crippen molar-refractivity contribution in [1.29, 1.82) is 0 Å². The number of anilines is 1. The number of aromatic nitrogens is 2. The van der Waals surface area contributed by atoms with Gasteiger partial charge in [-0.05, 0) is 30.2 Å². The predicted octanol–water partition coefficient (Wildman–Crippen LogP) is 2.91. The first kappa shape index (κ1) is 19.6. The summed E-state index contributed by atoms with van der Waals surface area (Å²) in [6, 6.07) is 13.7. The van der Waals surface area contributed by atoms with Crippen molar-refractivity contribution in [1.82, 2.24) is 15.1 Å².